The van der Waals surface area contributed by atoms with Gasteiger partial charge < -0.3 is 14.8 Å². The average Bonchev–Trinajstić information content (AvgIpc) is 2.79. The molecule has 0 spiro atoms. The Bertz CT molecular complexity index is 482. The molecule has 90 valence electrons. The molecule has 1 heterocycles. The van der Waals surface area contributed by atoms with E-state index in [-0.39, 0.29) is 6.61 Å². The first-order chi connectivity index (χ1) is 8.31. The molecule has 0 unspecified atom stereocenters. The zero-order valence-electron chi connectivity index (χ0n) is 9.32. The summed E-state index contributed by atoms with van der Waals surface area (Å²) in [5, 5.41) is 12.4. The van der Waals surface area contributed by atoms with Crippen molar-refractivity contribution in [2.75, 3.05) is 13.2 Å². The highest BCUT2D eigenvalue weighted by molar-refractivity contribution is 6.33. The highest BCUT2D eigenvalue weighted by atomic mass is 35.5. The molecule has 1 aromatic carbocycles. The maximum atomic E-state index is 8.65. The Morgan fingerprint density at radius 1 is 1.18 bits per heavy atom. The first kappa shape index (κ1) is 12.2. The van der Waals surface area contributed by atoms with E-state index in [0.29, 0.717) is 18.1 Å². The molecule has 1 aromatic heterocycles. The van der Waals surface area contributed by atoms with Gasteiger partial charge in [-0.3, -0.25) is 0 Å². The Kier molecular flexibility index (Phi) is 4.20. The molecule has 0 aliphatic heterocycles. The van der Waals surface area contributed by atoms with E-state index in [4.69, 9.17) is 21.1 Å². The molecule has 3 nitrogen and oxygen atoms in total. The lowest BCUT2D eigenvalue weighted by Crippen LogP contribution is -2.16. The number of hydrogen-bond acceptors (Lipinski definition) is 3. The second kappa shape index (κ2) is 5.87. The molecule has 4 heteroatoms. The zero-order valence-corrected chi connectivity index (χ0v) is 10.1. The first-order valence-corrected chi connectivity index (χ1v) is 5.84. The van der Waals surface area contributed by atoms with Crippen LogP contribution in [0.15, 0.2) is 40.8 Å². The van der Waals surface area contributed by atoms with Crippen LogP contribution in [-0.2, 0) is 6.54 Å². The van der Waals surface area contributed by atoms with Crippen LogP contribution in [0.5, 0.6) is 0 Å². The normalized spacial score (nSPS) is 10.7. The van der Waals surface area contributed by atoms with E-state index in [9.17, 15) is 0 Å². The van der Waals surface area contributed by atoms with Gasteiger partial charge in [-0.15, -0.1) is 0 Å². The summed E-state index contributed by atoms with van der Waals surface area (Å²) < 4.78 is 5.67. The fourth-order valence-electron chi connectivity index (χ4n) is 1.57. The summed E-state index contributed by atoms with van der Waals surface area (Å²) in [4.78, 5) is 0. The minimum Gasteiger partial charge on any atom is -0.460 e. The maximum absolute atomic E-state index is 8.65. The van der Waals surface area contributed by atoms with Gasteiger partial charge in [-0.25, -0.2) is 0 Å². The van der Waals surface area contributed by atoms with Crippen LogP contribution in [-0.4, -0.2) is 18.3 Å². The van der Waals surface area contributed by atoms with Gasteiger partial charge in [0.1, 0.15) is 11.5 Å². The summed E-state index contributed by atoms with van der Waals surface area (Å²) in [5.41, 5.74) is 0.891. The van der Waals surface area contributed by atoms with E-state index in [2.05, 4.69) is 5.32 Å². The lowest BCUT2D eigenvalue weighted by Gasteiger charge is -2.01. The molecule has 0 aliphatic rings. The first-order valence-electron chi connectivity index (χ1n) is 5.46. The fourth-order valence-corrected chi connectivity index (χ4v) is 1.80. The van der Waals surface area contributed by atoms with Crippen molar-refractivity contribution in [3.63, 3.8) is 0 Å². The molecule has 2 rings (SSSR count). The zero-order chi connectivity index (χ0) is 12.1. The van der Waals surface area contributed by atoms with E-state index >= 15 is 0 Å². The highest BCUT2D eigenvalue weighted by Gasteiger charge is 2.07. The number of benzene rings is 1. The van der Waals surface area contributed by atoms with Gasteiger partial charge in [0.05, 0.1) is 18.2 Å². The third kappa shape index (κ3) is 3.09. The van der Waals surface area contributed by atoms with Gasteiger partial charge in [0.2, 0.25) is 0 Å². The van der Waals surface area contributed by atoms with E-state index in [1.54, 1.807) is 0 Å². The van der Waals surface area contributed by atoms with Crippen LogP contribution in [0.1, 0.15) is 5.76 Å². The molecule has 0 atom stereocenters. The highest BCUT2D eigenvalue weighted by Crippen LogP contribution is 2.28. The SMILES string of the molecule is OCCNCc1ccc(-c2ccccc2Cl)o1. The molecule has 0 aliphatic carbocycles. The standard InChI is InChI=1S/C13H14ClNO2/c14-12-4-2-1-3-11(12)13-6-5-10(17-13)9-15-7-8-16/h1-6,15-16H,7-9H2. The third-order valence-corrected chi connectivity index (χ3v) is 2.72. The van der Waals surface area contributed by atoms with E-state index in [1.165, 1.54) is 0 Å². The Balaban J connectivity index is 2.10. The van der Waals surface area contributed by atoms with E-state index in [0.717, 1.165) is 17.1 Å². The van der Waals surface area contributed by atoms with Crippen molar-refractivity contribution in [1.29, 1.82) is 0 Å². The Labute approximate surface area is 105 Å². The van der Waals surface area contributed by atoms with Crippen molar-refractivity contribution in [2.45, 2.75) is 6.54 Å². The summed E-state index contributed by atoms with van der Waals surface area (Å²) in [6.45, 7) is 1.28. The molecule has 0 bridgehead atoms. The smallest absolute Gasteiger partial charge is 0.135 e. The van der Waals surface area contributed by atoms with Gasteiger partial charge in [0.15, 0.2) is 0 Å². The van der Waals surface area contributed by atoms with Crippen LogP contribution >= 0.6 is 11.6 Å². The number of furan rings is 1. The summed E-state index contributed by atoms with van der Waals surface area (Å²) in [6, 6.07) is 11.4. The van der Waals surface area contributed by atoms with Gasteiger partial charge in [0, 0.05) is 12.1 Å². The number of aliphatic hydroxyl groups is 1. The lowest BCUT2D eigenvalue weighted by molar-refractivity contribution is 0.290. The Hall–Kier alpha value is -1.29. The monoisotopic (exact) mass is 251 g/mol. The van der Waals surface area contributed by atoms with Crippen LogP contribution in [0.4, 0.5) is 0 Å². The van der Waals surface area contributed by atoms with Gasteiger partial charge in [-0.05, 0) is 24.3 Å². The van der Waals surface area contributed by atoms with Crippen LogP contribution in [0.3, 0.4) is 0 Å². The van der Waals surface area contributed by atoms with E-state index in [1.807, 2.05) is 36.4 Å². The number of rotatable bonds is 5. The lowest BCUT2D eigenvalue weighted by atomic mass is 10.2. The van der Waals surface area contributed by atoms with Gasteiger partial charge in [-0.2, -0.15) is 0 Å². The van der Waals surface area contributed by atoms with Crippen molar-refractivity contribution in [3.8, 4) is 11.3 Å². The number of nitrogens with one attached hydrogen (secondary N) is 1. The quantitative estimate of drug-likeness (QED) is 0.803. The Morgan fingerprint density at radius 3 is 2.76 bits per heavy atom. The molecule has 0 amide bonds. The molecule has 17 heavy (non-hydrogen) atoms. The summed E-state index contributed by atoms with van der Waals surface area (Å²) in [5.74, 6) is 1.59. The molecule has 0 saturated carbocycles. The number of halogens is 1. The predicted molar refractivity (Wildman–Crippen MR) is 67.9 cm³/mol. The molecule has 0 fully saturated rings. The van der Waals surface area contributed by atoms with Crippen LogP contribution < -0.4 is 5.32 Å². The van der Waals surface area contributed by atoms with Crippen molar-refractivity contribution in [2.24, 2.45) is 0 Å². The van der Waals surface area contributed by atoms with Crippen LogP contribution in [0, 0.1) is 0 Å². The van der Waals surface area contributed by atoms with Crippen molar-refractivity contribution >= 4 is 11.6 Å². The third-order valence-electron chi connectivity index (χ3n) is 2.39. The number of hydrogen-bond donors (Lipinski definition) is 2. The maximum Gasteiger partial charge on any atom is 0.135 e. The van der Waals surface area contributed by atoms with Crippen LogP contribution in [0.25, 0.3) is 11.3 Å². The van der Waals surface area contributed by atoms with Crippen molar-refractivity contribution in [3.05, 3.63) is 47.2 Å². The molecule has 0 saturated heterocycles. The fraction of sp³-hybridized carbons (Fsp3) is 0.231. The van der Waals surface area contributed by atoms with Gasteiger partial charge in [-0.1, -0.05) is 23.7 Å². The predicted octanol–water partition coefficient (Wildman–Crippen LogP) is 2.68. The second-order valence-corrected chi connectivity index (χ2v) is 4.05. The van der Waals surface area contributed by atoms with Crippen LogP contribution in [0.2, 0.25) is 5.02 Å². The average molecular weight is 252 g/mol. The van der Waals surface area contributed by atoms with Gasteiger partial charge in [0.25, 0.3) is 0 Å². The Morgan fingerprint density at radius 2 is 2.00 bits per heavy atom. The molecule has 2 N–H and O–H groups in total. The summed E-state index contributed by atoms with van der Waals surface area (Å²) in [7, 11) is 0. The minimum atomic E-state index is 0.123. The van der Waals surface area contributed by atoms with Crippen molar-refractivity contribution < 1.29 is 9.52 Å². The molecular weight excluding hydrogens is 238 g/mol. The minimum absolute atomic E-state index is 0.123. The molecule has 2 aromatic rings. The van der Waals surface area contributed by atoms with Crippen molar-refractivity contribution in [1.82, 2.24) is 5.32 Å². The molecule has 0 radical (unpaired) electrons. The summed E-state index contributed by atoms with van der Waals surface area (Å²) >= 11 is 6.09. The summed E-state index contributed by atoms with van der Waals surface area (Å²) in [6.07, 6.45) is 0. The molecular formula is C13H14ClNO2. The largest absolute Gasteiger partial charge is 0.460 e. The van der Waals surface area contributed by atoms with Gasteiger partial charge >= 0.3 is 0 Å². The topological polar surface area (TPSA) is 45.4 Å². The number of aliphatic hydroxyl groups excluding tert-OH is 1. The van der Waals surface area contributed by atoms with E-state index < -0.39 is 0 Å². The second-order valence-electron chi connectivity index (χ2n) is 3.65.